The van der Waals surface area contributed by atoms with E-state index in [9.17, 15) is 0 Å². The third kappa shape index (κ3) is 3.27. The Hall–Kier alpha value is -5.14. The lowest BCUT2D eigenvalue weighted by atomic mass is 9.85. The largest absolute Gasteiger partial charge is 0.309 e. The van der Waals surface area contributed by atoms with E-state index in [0.717, 1.165) is 0 Å². The minimum absolute atomic E-state index is 1.19. The molecule has 0 saturated carbocycles. The fourth-order valence-electron chi connectivity index (χ4n) is 6.40. The van der Waals surface area contributed by atoms with Crippen LogP contribution in [0.4, 0.5) is 0 Å². The fraction of sp³-hybridized carbons (Fsp3) is 0. The van der Waals surface area contributed by atoms with Crippen molar-refractivity contribution in [2.75, 3.05) is 0 Å². The van der Waals surface area contributed by atoms with Crippen molar-refractivity contribution in [2.45, 2.75) is 0 Å². The van der Waals surface area contributed by atoms with E-state index in [2.05, 4.69) is 156 Å². The van der Waals surface area contributed by atoms with Crippen molar-refractivity contribution < 1.29 is 0 Å². The Bertz CT molecular complexity index is 2060. The molecule has 0 fully saturated rings. The maximum atomic E-state index is 2.44. The minimum atomic E-state index is 1.19. The Morgan fingerprint density at radius 2 is 0.718 bits per heavy atom. The molecule has 1 nitrogen and oxygen atoms in total. The van der Waals surface area contributed by atoms with Crippen LogP contribution in [0.2, 0.25) is 0 Å². The lowest BCUT2D eigenvalue weighted by molar-refractivity contribution is 1.18. The molecule has 0 radical (unpaired) electrons. The summed E-state index contributed by atoms with van der Waals surface area (Å²) in [4.78, 5) is 0. The third-order valence-corrected chi connectivity index (χ3v) is 7.99. The van der Waals surface area contributed by atoms with Crippen molar-refractivity contribution in [3.8, 4) is 27.9 Å². The number of para-hydroxylation sites is 3. The van der Waals surface area contributed by atoms with E-state index in [0.29, 0.717) is 0 Å². The molecule has 1 heteroatoms. The summed E-state index contributed by atoms with van der Waals surface area (Å²) in [5.74, 6) is 0. The van der Waals surface area contributed by atoms with E-state index in [1.54, 1.807) is 0 Å². The molecule has 7 aromatic carbocycles. The highest BCUT2D eigenvalue weighted by molar-refractivity contribution is 6.22. The second-order valence-corrected chi connectivity index (χ2v) is 10.1. The van der Waals surface area contributed by atoms with E-state index in [4.69, 9.17) is 0 Å². The number of benzene rings is 7. The fourth-order valence-corrected chi connectivity index (χ4v) is 6.40. The summed E-state index contributed by atoms with van der Waals surface area (Å²) in [6.45, 7) is 0. The summed E-state index contributed by atoms with van der Waals surface area (Å²) >= 11 is 0. The normalized spacial score (nSPS) is 11.6. The van der Waals surface area contributed by atoms with Gasteiger partial charge in [0.2, 0.25) is 0 Å². The standard InChI is InChI=1S/C38H25N/c1-2-14-26(15-3-1)37-29-18-4-6-20-31(29)38(32-21-7-5-19-30(32)37)33-22-10-13-25-36(33)39-34-23-11-8-16-27(34)28-17-9-12-24-35(28)39/h1-25H. The molecular formula is C38H25N. The predicted molar refractivity (Wildman–Crippen MR) is 167 cm³/mol. The Balaban J connectivity index is 1.54. The van der Waals surface area contributed by atoms with Gasteiger partial charge in [-0.2, -0.15) is 0 Å². The van der Waals surface area contributed by atoms with Gasteiger partial charge in [-0.15, -0.1) is 0 Å². The van der Waals surface area contributed by atoms with Crippen LogP contribution < -0.4 is 0 Å². The predicted octanol–water partition coefficient (Wildman–Crippen LogP) is 10.4. The summed E-state index contributed by atoms with van der Waals surface area (Å²) in [6.07, 6.45) is 0. The van der Waals surface area contributed by atoms with Crippen LogP contribution in [0.25, 0.3) is 71.3 Å². The average molecular weight is 496 g/mol. The third-order valence-electron chi connectivity index (χ3n) is 7.99. The van der Waals surface area contributed by atoms with Crippen LogP contribution >= 0.6 is 0 Å². The Morgan fingerprint density at radius 1 is 0.308 bits per heavy atom. The first-order chi connectivity index (χ1) is 19.4. The Morgan fingerprint density at radius 3 is 1.28 bits per heavy atom. The van der Waals surface area contributed by atoms with Crippen LogP contribution in [-0.4, -0.2) is 4.57 Å². The lowest BCUT2D eigenvalue weighted by Gasteiger charge is -2.20. The van der Waals surface area contributed by atoms with Gasteiger partial charge >= 0.3 is 0 Å². The van der Waals surface area contributed by atoms with Crippen LogP contribution in [0.15, 0.2) is 152 Å². The molecule has 0 aliphatic carbocycles. The second kappa shape index (κ2) is 8.72. The summed E-state index contributed by atoms with van der Waals surface area (Å²) in [6, 6.07) is 54.9. The lowest BCUT2D eigenvalue weighted by Crippen LogP contribution is -1.98. The SMILES string of the molecule is c1ccc(-c2c3ccccc3c(-c3ccccc3-n3c4ccccc4c4ccccc43)c3ccccc23)cc1. The van der Waals surface area contributed by atoms with Gasteiger partial charge in [-0.3, -0.25) is 0 Å². The van der Waals surface area contributed by atoms with Crippen molar-refractivity contribution in [3.63, 3.8) is 0 Å². The Labute approximate surface area is 227 Å². The highest BCUT2D eigenvalue weighted by Gasteiger charge is 2.20. The van der Waals surface area contributed by atoms with E-state index in [-0.39, 0.29) is 0 Å². The molecule has 182 valence electrons. The number of hydrogen-bond acceptors (Lipinski definition) is 0. The van der Waals surface area contributed by atoms with Crippen LogP contribution in [0, 0.1) is 0 Å². The molecule has 0 bridgehead atoms. The first-order valence-corrected chi connectivity index (χ1v) is 13.5. The van der Waals surface area contributed by atoms with Gasteiger partial charge in [0, 0.05) is 16.3 Å². The highest BCUT2D eigenvalue weighted by atomic mass is 15.0. The van der Waals surface area contributed by atoms with Gasteiger partial charge in [0.15, 0.2) is 0 Å². The molecule has 0 spiro atoms. The zero-order valence-electron chi connectivity index (χ0n) is 21.4. The van der Waals surface area contributed by atoms with Crippen LogP contribution in [0.1, 0.15) is 0 Å². The number of fused-ring (bicyclic) bond motifs is 5. The summed E-state index contributed by atoms with van der Waals surface area (Å²) in [7, 11) is 0. The average Bonchev–Trinajstić information content (AvgIpc) is 3.34. The molecule has 0 aliphatic rings. The summed E-state index contributed by atoms with van der Waals surface area (Å²) < 4.78 is 2.44. The van der Waals surface area contributed by atoms with Gasteiger partial charge in [0.25, 0.3) is 0 Å². The molecule has 8 aromatic rings. The molecule has 0 atom stereocenters. The molecule has 39 heavy (non-hydrogen) atoms. The molecule has 0 saturated heterocycles. The van der Waals surface area contributed by atoms with E-state index in [1.165, 1.54) is 71.3 Å². The summed E-state index contributed by atoms with van der Waals surface area (Å²) in [5.41, 5.74) is 8.68. The van der Waals surface area contributed by atoms with Crippen LogP contribution in [-0.2, 0) is 0 Å². The van der Waals surface area contributed by atoms with Crippen molar-refractivity contribution >= 4 is 43.4 Å². The van der Waals surface area contributed by atoms with Crippen LogP contribution in [0.3, 0.4) is 0 Å². The maximum Gasteiger partial charge on any atom is 0.0541 e. The zero-order valence-corrected chi connectivity index (χ0v) is 21.4. The van der Waals surface area contributed by atoms with Gasteiger partial charge in [-0.05, 0) is 56.4 Å². The zero-order chi connectivity index (χ0) is 25.8. The van der Waals surface area contributed by atoms with Crippen molar-refractivity contribution in [2.24, 2.45) is 0 Å². The maximum absolute atomic E-state index is 2.44. The summed E-state index contributed by atoms with van der Waals surface area (Å²) in [5, 5.41) is 7.63. The van der Waals surface area contributed by atoms with E-state index in [1.807, 2.05) is 0 Å². The van der Waals surface area contributed by atoms with Crippen LogP contribution in [0.5, 0.6) is 0 Å². The molecule has 1 aromatic heterocycles. The smallest absolute Gasteiger partial charge is 0.0541 e. The molecule has 8 rings (SSSR count). The molecule has 0 aliphatic heterocycles. The molecular weight excluding hydrogens is 470 g/mol. The van der Waals surface area contributed by atoms with Gasteiger partial charge in [0.05, 0.1) is 16.7 Å². The number of nitrogens with zero attached hydrogens (tertiary/aromatic N) is 1. The molecule has 0 N–H and O–H groups in total. The van der Waals surface area contributed by atoms with Gasteiger partial charge in [-0.25, -0.2) is 0 Å². The Kier molecular flexibility index (Phi) is 4.89. The highest BCUT2D eigenvalue weighted by Crippen LogP contribution is 2.45. The molecule has 0 unspecified atom stereocenters. The van der Waals surface area contributed by atoms with Gasteiger partial charge in [-0.1, -0.05) is 133 Å². The number of aromatic nitrogens is 1. The van der Waals surface area contributed by atoms with Crippen molar-refractivity contribution in [1.29, 1.82) is 0 Å². The first kappa shape index (κ1) is 21.9. The van der Waals surface area contributed by atoms with E-state index < -0.39 is 0 Å². The quantitative estimate of drug-likeness (QED) is 0.215. The molecule has 1 heterocycles. The monoisotopic (exact) mass is 495 g/mol. The van der Waals surface area contributed by atoms with Gasteiger partial charge < -0.3 is 4.57 Å². The topological polar surface area (TPSA) is 4.93 Å². The van der Waals surface area contributed by atoms with Crippen molar-refractivity contribution in [1.82, 2.24) is 4.57 Å². The van der Waals surface area contributed by atoms with Crippen molar-refractivity contribution in [3.05, 3.63) is 152 Å². The second-order valence-electron chi connectivity index (χ2n) is 10.1. The number of rotatable bonds is 3. The first-order valence-electron chi connectivity index (χ1n) is 13.5. The molecule has 0 amide bonds. The van der Waals surface area contributed by atoms with Gasteiger partial charge in [0.1, 0.15) is 0 Å². The minimum Gasteiger partial charge on any atom is -0.309 e. The number of hydrogen-bond donors (Lipinski definition) is 0. The van der Waals surface area contributed by atoms with E-state index >= 15 is 0 Å².